The number of amides is 2. The molecular weight excluding hydrogens is 343 g/mol. The average Bonchev–Trinajstić information content (AvgIpc) is 2.66. The molecule has 2 aromatic rings. The number of aliphatic hydroxyl groups excluding tert-OH is 1. The van der Waals surface area contributed by atoms with Crippen LogP contribution in [0.2, 0.25) is 0 Å². The summed E-state index contributed by atoms with van der Waals surface area (Å²) < 4.78 is 13.1. The molecule has 2 amide bonds. The number of halogens is 1. The summed E-state index contributed by atoms with van der Waals surface area (Å²) in [5, 5.41) is 12.3. The van der Waals surface area contributed by atoms with Crippen LogP contribution < -0.4 is 5.32 Å². The number of carbonyl (C=O) groups excluding carboxylic acids is 1. The van der Waals surface area contributed by atoms with Crippen molar-refractivity contribution in [1.29, 1.82) is 0 Å². The molecule has 146 valence electrons. The first-order valence-electron chi connectivity index (χ1n) is 9.42. The van der Waals surface area contributed by atoms with Gasteiger partial charge in [0.05, 0.1) is 6.04 Å². The minimum absolute atomic E-state index is 0.0154. The van der Waals surface area contributed by atoms with Gasteiger partial charge in [-0.2, -0.15) is 0 Å². The Morgan fingerprint density at radius 2 is 1.85 bits per heavy atom. The quantitative estimate of drug-likeness (QED) is 0.717. The third kappa shape index (κ3) is 6.07. The highest BCUT2D eigenvalue weighted by molar-refractivity contribution is 5.74. The van der Waals surface area contributed by atoms with E-state index in [-0.39, 0.29) is 24.5 Å². The molecule has 2 rings (SSSR count). The van der Waals surface area contributed by atoms with Gasteiger partial charge in [0.15, 0.2) is 0 Å². The molecule has 0 saturated heterocycles. The van der Waals surface area contributed by atoms with Gasteiger partial charge in [0.25, 0.3) is 0 Å². The number of hydrogen-bond acceptors (Lipinski definition) is 2. The third-order valence-corrected chi connectivity index (χ3v) is 4.80. The smallest absolute Gasteiger partial charge is 0.318 e. The van der Waals surface area contributed by atoms with Gasteiger partial charge in [-0.05, 0) is 61.1 Å². The van der Waals surface area contributed by atoms with Crippen LogP contribution in [0, 0.1) is 19.7 Å². The summed E-state index contributed by atoms with van der Waals surface area (Å²) in [5.74, 6) is -0.300. The Kier molecular flexibility index (Phi) is 7.80. The second kappa shape index (κ2) is 10.1. The maximum absolute atomic E-state index is 13.1. The molecule has 0 aliphatic rings. The molecule has 27 heavy (non-hydrogen) atoms. The molecule has 0 unspecified atom stereocenters. The highest BCUT2D eigenvalue weighted by Gasteiger charge is 2.19. The summed E-state index contributed by atoms with van der Waals surface area (Å²) >= 11 is 0. The van der Waals surface area contributed by atoms with Gasteiger partial charge in [0.2, 0.25) is 0 Å². The molecule has 0 spiro atoms. The van der Waals surface area contributed by atoms with E-state index in [2.05, 4.69) is 37.4 Å². The molecule has 1 atom stereocenters. The van der Waals surface area contributed by atoms with Gasteiger partial charge >= 0.3 is 6.03 Å². The fourth-order valence-corrected chi connectivity index (χ4v) is 2.97. The van der Waals surface area contributed by atoms with Gasteiger partial charge in [-0.1, -0.05) is 37.3 Å². The van der Waals surface area contributed by atoms with E-state index in [1.807, 2.05) is 6.92 Å². The van der Waals surface area contributed by atoms with Gasteiger partial charge < -0.3 is 15.3 Å². The van der Waals surface area contributed by atoms with Crippen molar-refractivity contribution in [3.05, 3.63) is 70.5 Å². The molecule has 0 aliphatic carbocycles. The number of aryl methyl sites for hydroxylation is 2. The molecule has 0 radical (unpaired) electrons. The molecule has 5 heteroatoms. The summed E-state index contributed by atoms with van der Waals surface area (Å²) in [6, 6.07) is 12.1. The Morgan fingerprint density at radius 1 is 1.15 bits per heavy atom. The van der Waals surface area contributed by atoms with E-state index < -0.39 is 0 Å². The monoisotopic (exact) mass is 372 g/mol. The van der Waals surface area contributed by atoms with E-state index in [9.17, 15) is 9.18 Å². The van der Waals surface area contributed by atoms with Crippen molar-refractivity contribution in [3.63, 3.8) is 0 Å². The van der Waals surface area contributed by atoms with E-state index in [4.69, 9.17) is 5.11 Å². The number of benzene rings is 2. The van der Waals surface area contributed by atoms with E-state index in [1.54, 1.807) is 17.0 Å². The number of rotatable bonds is 8. The molecule has 2 aromatic carbocycles. The van der Waals surface area contributed by atoms with Gasteiger partial charge in [0, 0.05) is 19.7 Å². The minimum Gasteiger partial charge on any atom is -0.396 e. The van der Waals surface area contributed by atoms with Gasteiger partial charge in [-0.25, -0.2) is 9.18 Å². The zero-order valence-corrected chi connectivity index (χ0v) is 16.3. The van der Waals surface area contributed by atoms with Crippen LogP contribution in [0.1, 0.15) is 48.1 Å². The van der Waals surface area contributed by atoms with Crippen LogP contribution in [0.4, 0.5) is 9.18 Å². The van der Waals surface area contributed by atoms with Crippen LogP contribution in [0.25, 0.3) is 0 Å². The van der Waals surface area contributed by atoms with E-state index >= 15 is 0 Å². The lowest BCUT2D eigenvalue weighted by atomic mass is 9.99. The Hall–Kier alpha value is -2.40. The van der Waals surface area contributed by atoms with Crippen molar-refractivity contribution in [2.75, 3.05) is 13.2 Å². The molecular formula is C22H29FN2O2. The van der Waals surface area contributed by atoms with E-state index in [0.29, 0.717) is 19.5 Å². The number of aliphatic hydroxyl groups is 1. The van der Waals surface area contributed by atoms with E-state index in [0.717, 1.165) is 17.5 Å². The SMILES string of the molecule is CC[C@H](NC(=O)N(CCCO)Cc1ccc(F)cc1)c1ccc(C)c(C)c1. The van der Waals surface area contributed by atoms with Gasteiger partial charge in [-0.3, -0.25) is 0 Å². The third-order valence-electron chi connectivity index (χ3n) is 4.80. The zero-order valence-electron chi connectivity index (χ0n) is 16.3. The lowest BCUT2D eigenvalue weighted by Crippen LogP contribution is -2.42. The molecule has 0 bridgehead atoms. The first-order chi connectivity index (χ1) is 12.9. The summed E-state index contributed by atoms with van der Waals surface area (Å²) in [5.41, 5.74) is 4.35. The number of hydrogen-bond donors (Lipinski definition) is 2. The zero-order chi connectivity index (χ0) is 19.8. The van der Waals surface area contributed by atoms with E-state index in [1.165, 1.54) is 23.3 Å². The predicted octanol–water partition coefficient (Wildman–Crippen LogP) is 4.49. The van der Waals surface area contributed by atoms with Gasteiger partial charge in [0.1, 0.15) is 5.82 Å². The van der Waals surface area contributed by atoms with Crippen LogP contribution in [0.15, 0.2) is 42.5 Å². The number of nitrogens with one attached hydrogen (secondary N) is 1. The van der Waals surface area contributed by atoms with Crippen LogP contribution in [0.5, 0.6) is 0 Å². The Morgan fingerprint density at radius 3 is 2.44 bits per heavy atom. The lowest BCUT2D eigenvalue weighted by Gasteiger charge is -2.27. The lowest BCUT2D eigenvalue weighted by molar-refractivity contribution is 0.182. The molecule has 0 saturated carbocycles. The fraction of sp³-hybridized carbons (Fsp3) is 0.409. The van der Waals surface area contributed by atoms with Crippen LogP contribution in [-0.4, -0.2) is 29.2 Å². The van der Waals surface area contributed by atoms with Crippen molar-refractivity contribution in [3.8, 4) is 0 Å². The summed E-state index contributed by atoms with van der Waals surface area (Å²) in [6.45, 7) is 6.99. The molecule has 4 nitrogen and oxygen atoms in total. The number of carbonyl (C=O) groups is 1. The van der Waals surface area contributed by atoms with Crippen molar-refractivity contribution < 1.29 is 14.3 Å². The van der Waals surface area contributed by atoms with Crippen LogP contribution in [0.3, 0.4) is 0 Å². The van der Waals surface area contributed by atoms with Crippen molar-refractivity contribution in [1.82, 2.24) is 10.2 Å². The molecule has 2 N–H and O–H groups in total. The maximum Gasteiger partial charge on any atom is 0.318 e. The predicted molar refractivity (Wildman–Crippen MR) is 106 cm³/mol. The fourth-order valence-electron chi connectivity index (χ4n) is 2.97. The largest absolute Gasteiger partial charge is 0.396 e. The summed E-state index contributed by atoms with van der Waals surface area (Å²) in [6.07, 6.45) is 1.27. The van der Waals surface area contributed by atoms with Crippen LogP contribution in [-0.2, 0) is 6.54 Å². The topological polar surface area (TPSA) is 52.6 Å². The Labute approximate surface area is 161 Å². The normalized spacial score (nSPS) is 11.9. The second-order valence-corrected chi connectivity index (χ2v) is 6.88. The molecule has 0 heterocycles. The van der Waals surface area contributed by atoms with Gasteiger partial charge in [-0.15, -0.1) is 0 Å². The first kappa shape index (κ1) is 20.9. The average molecular weight is 372 g/mol. The highest BCUT2D eigenvalue weighted by atomic mass is 19.1. The summed E-state index contributed by atoms with van der Waals surface area (Å²) in [4.78, 5) is 14.5. The maximum atomic E-state index is 13.1. The number of nitrogens with zero attached hydrogens (tertiary/aromatic N) is 1. The number of urea groups is 1. The molecule has 0 aromatic heterocycles. The van der Waals surface area contributed by atoms with Crippen molar-refractivity contribution >= 4 is 6.03 Å². The first-order valence-corrected chi connectivity index (χ1v) is 9.42. The standard InChI is InChI=1S/C22H29FN2O2/c1-4-21(19-9-6-16(2)17(3)14-19)24-22(27)25(12-5-13-26)15-18-7-10-20(23)11-8-18/h6-11,14,21,26H,4-5,12-13,15H2,1-3H3,(H,24,27)/t21-/m0/s1. The van der Waals surface area contributed by atoms with Crippen molar-refractivity contribution in [2.24, 2.45) is 0 Å². The Balaban J connectivity index is 2.12. The molecule has 0 fully saturated rings. The van der Waals surface area contributed by atoms with Crippen molar-refractivity contribution in [2.45, 2.75) is 46.2 Å². The van der Waals surface area contributed by atoms with Crippen LogP contribution >= 0.6 is 0 Å². The highest BCUT2D eigenvalue weighted by Crippen LogP contribution is 2.20. The minimum atomic E-state index is -0.300. The second-order valence-electron chi connectivity index (χ2n) is 6.88. The Bertz CT molecular complexity index is 746. The molecule has 0 aliphatic heterocycles. The summed E-state index contributed by atoms with van der Waals surface area (Å²) in [7, 11) is 0.